The second-order valence-corrected chi connectivity index (χ2v) is 10.8. The number of carbonyl (C=O) groups is 1. The second-order valence-electron chi connectivity index (χ2n) is 9.73. The Labute approximate surface area is 203 Å². The molecular formula is C25H34F3N3O2S. The minimum Gasteiger partial charge on any atom is -0.446 e. The third-order valence-corrected chi connectivity index (χ3v) is 7.98. The largest absolute Gasteiger partial charge is 0.446 e. The van der Waals surface area contributed by atoms with E-state index >= 15 is 8.78 Å². The lowest BCUT2D eigenvalue weighted by Gasteiger charge is -2.41. The van der Waals surface area contributed by atoms with Crippen molar-refractivity contribution in [1.82, 2.24) is 15.2 Å². The fraction of sp³-hybridized carbons (Fsp3) is 0.600. The molecular weight excluding hydrogens is 463 g/mol. The number of nitrogens with one attached hydrogen (secondary N) is 1. The van der Waals surface area contributed by atoms with Gasteiger partial charge in [0.25, 0.3) is 0 Å². The Kier molecular flexibility index (Phi) is 7.97. The maximum absolute atomic E-state index is 15.8. The average Bonchev–Trinajstić information content (AvgIpc) is 3.40. The van der Waals surface area contributed by atoms with Crippen molar-refractivity contribution in [2.45, 2.75) is 78.0 Å². The quantitative estimate of drug-likeness (QED) is 0.415. The van der Waals surface area contributed by atoms with Crippen molar-refractivity contribution in [3.8, 4) is 0 Å². The molecule has 2 aromatic rings. The summed E-state index contributed by atoms with van der Waals surface area (Å²) in [5.41, 5.74) is -0.252. The lowest BCUT2D eigenvalue weighted by atomic mass is 9.79. The molecule has 2 aromatic heterocycles. The van der Waals surface area contributed by atoms with Gasteiger partial charge in [-0.3, -0.25) is 15.2 Å². The van der Waals surface area contributed by atoms with Crippen LogP contribution in [-0.2, 0) is 16.7 Å². The van der Waals surface area contributed by atoms with Gasteiger partial charge in [0, 0.05) is 28.9 Å². The molecule has 0 radical (unpaired) electrons. The monoisotopic (exact) mass is 497 g/mol. The smallest absolute Gasteiger partial charge is 0.411 e. The van der Waals surface area contributed by atoms with Gasteiger partial charge in [-0.15, -0.1) is 11.3 Å². The van der Waals surface area contributed by atoms with Gasteiger partial charge in [0.15, 0.2) is 5.13 Å². The zero-order chi connectivity index (χ0) is 25.1. The number of aromatic nitrogens is 1. The number of ether oxygens (including phenoxy) is 1. The molecule has 1 fully saturated rings. The highest BCUT2D eigenvalue weighted by molar-refractivity contribution is 7.10. The van der Waals surface area contributed by atoms with Crippen LogP contribution in [0.1, 0.15) is 63.1 Å². The summed E-state index contributed by atoms with van der Waals surface area (Å²) >= 11 is 0.965. The van der Waals surface area contributed by atoms with Crippen LogP contribution >= 0.6 is 11.3 Å². The van der Waals surface area contributed by atoms with Gasteiger partial charge in [-0.2, -0.15) is 13.2 Å². The summed E-state index contributed by atoms with van der Waals surface area (Å²) in [5, 5.41) is 1.52. The Morgan fingerprint density at radius 3 is 2.65 bits per heavy atom. The number of nitrogens with zero attached hydrogens (tertiary/aromatic N) is 2. The predicted octanol–water partition coefficient (Wildman–Crippen LogP) is 6.27. The number of halogens is 3. The number of alkyl carbamates (subject to hydrolysis) is 1. The molecule has 1 saturated heterocycles. The van der Waals surface area contributed by atoms with Crippen LogP contribution in [0.5, 0.6) is 0 Å². The van der Waals surface area contributed by atoms with Crippen molar-refractivity contribution in [3.05, 3.63) is 51.7 Å². The SMILES string of the molecule is CCC(C)OC(=O)NC(F)(F)C1(CCc2ccc(F)s2)CCN(C(C)(C)c2ccc(C)nc2)C1. The Bertz CT molecular complexity index is 980. The Balaban J connectivity index is 1.86. The molecule has 5 nitrogen and oxygen atoms in total. The molecule has 0 spiro atoms. The molecule has 0 aromatic carbocycles. The maximum atomic E-state index is 15.8. The van der Waals surface area contributed by atoms with E-state index in [9.17, 15) is 9.18 Å². The van der Waals surface area contributed by atoms with E-state index in [1.165, 1.54) is 6.07 Å². The highest BCUT2D eigenvalue weighted by Gasteiger charge is 2.59. The number of thiophene rings is 1. The fourth-order valence-corrected chi connectivity index (χ4v) is 5.11. The zero-order valence-corrected chi connectivity index (χ0v) is 21.3. The number of pyridine rings is 1. The van der Waals surface area contributed by atoms with Gasteiger partial charge >= 0.3 is 12.1 Å². The molecule has 1 amide bonds. The molecule has 3 rings (SSSR count). The number of rotatable bonds is 9. The second kappa shape index (κ2) is 10.2. The van der Waals surface area contributed by atoms with Crippen LogP contribution in [-0.4, -0.2) is 41.2 Å². The summed E-state index contributed by atoms with van der Waals surface area (Å²) in [6.45, 7) is 9.86. The minimum absolute atomic E-state index is 0.0678. The Morgan fingerprint density at radius 2 is 2.06 bits per heavy atom. The van der Waals surface area contributed by atoms with Gasteiger partial charge in [-0.25, -0.2) is 4.79 Å². The van der Waals surface area contributed by atoms with Crippen LogP contribution in [0.4, 0.5) is 18.0 Å². The van der Waals surface area contributed by atoms with E-state index in [1.807, 2.05) is 50.0 Å². The molecule has 1 aliphatic rings. The number of hydrogen-bond acceptors (Lipinski definition) is 5. The van der Waals surface area contributed by atoms with E-state index in [1.54, 1.807) is 19.2 Å². The molecule has 9 heteroatoms. The minimum atomic E-state index is -3.51. The van der Waals surface area contributed by atoms with Crippen LogP contribution in [0.2, 0.25) is 0 Å². The van der Waals surface area contributed by atoms with Crippen LogP contribution in [0.15, 0.2) is 30.5 Å². The molecule has 1 aliphatic heterocycles. The highest BCUT2D eigenvalue weighted by atomic mass is 32.1. The summed E-state index contributed by atoms with van der Waals surface area (Å²) in [5.74, 6) is 0. The van der Waals surface area contributed by atoms with E-state index < -0.39 is 29.2 Å². The summed E-state index contributed by atoms with van der Waals surface area (Å²) in [7, 11) is 0. The van der Waals surface area contributed by atoms with Crippen molar-refractivity contribution in [3.63, 3.8) is 0 Å². The number of carbonyl (C=O) groups excluding carboxylic acids is 1. The number of hydrogen-bond donors (Lipinski definition) is 1. The van der Waals surface area contributed by atoms with Crippen molar-refractivity contribution in [1.29, 1.82) is 0 Å². The van der Waals surface area contributed by atoms with Gasteiger partial charge in [0.05, 0.1) is 5.41 Å². The van der Waals surface area contributed by atoms with Crippen LogP contribution in [0.3, 0.4) is 0 Å². The molecule has 0 bridgehead atoms. The van der Waals surface area contributed by atoms with Gasteiger partial charge in [-0.1, -0.05) is 13.0 Å². The first kappa shape index (κ1) is 26.5. The molecule has 0 saturated carbocycles. The third-order valence-electron chi connectivity index (χ3n) is 7.05. The number of amides is 1. The van der Waals surface area contributed by atoms with Gasteiger partial charge in [-0.05, 0) is 83.7 Å². The lowest BCUT2D eigenvalue weighted by molar-refractivity contribution is -0.144. The number of alkyl halides is 2. The van der Waals surface area contributed by atoms with Gasteiger partial charge < -0.3 is 4.74 Å². The molecule has 1 N–H and O–H groups in total. The molecule has 0 aliphatic carbocycles. The summed E-state index contributed by atoms with van der Waals surface area (Å²) < 4.78 is 50.2. The van der Waals surface area contributed by atoms with E-state index in [4.69, 9.17) is 4.74 Å². The number of likely N-dealkylation sites (tertiary alicyclic amines) is 1. The van der Waals surface area contributed by atoms with Crippen molar-refractivity contribution in [2.24, 2.45) is 5.41 Å². The van der Waals surface area contributed by atoms with Crippen molar-refractivity contribution >= 4 is 17.4 Å². The molecule has 3 heterocycles. The Morgan fingerprint density at radius 1 is 1.32 bits per heavy atom. The van der Waals surface area contributed by atoms with E-state index in [-0.39, 0.29) is 24.5 Å². The molecule has 188 valence electrons. The first-order valence-corrected chi connectivity index (χ1v) is 12.5. The molecule has 2 atom stereocenters. The highest BCUT2D eigenvalue weighted by Crippen LogP contribution is 2.49. The first-order chi connectivity index (χ1) is 15.9. The third kappa shape index (κ3) is 5.74. The lowest BCUT2D eigenvalue weighted by Crippen LogP contribution is -2.56. The first-order valence-electron chi connectivity index (χ1n) is 11.7. The van der Waals surface area contributed by atoms with E-state index in [0.717, 1.165) is 22.6 Å². The normalized spacial score (nSPS) is 20.4. The van der Waals surface area contributed by atoms with Gasteiger partial charge in [0.2, 0.25) is 0 Å². The van der Waals surface area contributed by atoms with E-state index in [0.29, 0.717) is 24.3 Å². The van der Waals surface area contributed by atoms with Crippen LogP contribution < -0.4 is 5.32 Å². The number of aryl methyl sites for hydroxylation is 2. The predicted molar refractivity (Wildman–Crippen MR) is 128 cm³/mol. The summed E-state index contributed by atoms with van der Waals surface area (Å²) in [6.07, 6.45) is 1.30. The summed E-state index contributed by atoms with van der Waals surface area (Å²) in [4.78, 5) is 19.3. The average molecular weight is 498 g/mol. The van der Waals surface area contributed by atoms with Crippen LogP contribution in [0.25, 0.3) is 0 Å². The van der Waals surface area contributed by atoms with Crippen molar-refractivity contribution in [2.75, 3.05) is 13.1 Å². The van der Waals surface area contributed by atoms with Crippen molar-refractivity contribution < 1.29 is 22.7 Å². The topological polar surface area (TPSA) is 54.5 Å². The standard InChI is InChI=1S/C25H34F3N3O2S/c1-6-18(3)33-22(32)30-25(27,28)24(12-11-20-9-10-21(26)34-20)13-14-31(16-24)23(4,5)19-8-7-17(2)29-15-19/h7-10,15,18H,6,11-14,16H2,1-5H3,(H,30,32). The molecule has 34 heavy (non-hydrogen) atoms. The maximum Gasteiger partial charge on any atom is 0.411 e. The summed E-state index contributed by atoms with van der Waals surface area (Å²) in [6, 6.07) is 3.35. The molecule has 2 unspecified atom stereocenters. The zero-order valence-electron chi connectivity index (χ0n) is 20.5. The van der Waals surface area contributed by atoms with Crippen LogP contribution in [0, 0.1) is 17.5 Å². The Hall–Kier alpha value is -2.13. The van der Waals surface area contributed by atoms with E-state index in [2.05, 4.69) is 4.98 Å². The van der Waals surface area contributed by atoms with Gasteiger partial charge in [0.1, 0.15) is 6.10 Å². The fourth-order valence-electron chi connectivity index (χ4n) is 4.38.